The topological polar surface area (TPSA) is 84.5 Å². The number of piperazine rings is 1. The molecule has 2 aliphatic heterocycles. The van der Waals surface area contributed by atoms with E-state index in [0.717, 1.165) is 16.8 Å². The molecule has 0 amide bonds. The number of anilines is 1. The van der Waals surface area contributed by atoms with Crippen LogP contribution in [0, 0.1) is 11.6 Å². The highest BCUT2D eigenvalue weighted by molar-refractivity contribution is 5.94. The maximum absolute atomic E-state index is 15.3. The van der Waals surface area contributed by atoms with Crippen molar-refractivity contribution in [1.82, 2.24) is 9.88 Å². The first-order chi connectivity index (χ1) is 12.4. The average molecular weight is 365 g/mol. The van der Waals surface area contributed by atoms with Crippen LogP contribution in [0.2, 0.25) is 0 Å². The second kappa shape index (κ2) is 5.00. The maximum Gasteiger partial charge on any atom is 0.341 e. The fourth-order valence-electron chi connectivity index (χ4n) is 3.89. The molecule has 1 aromatic carbocycles. The van der Waals surface area contributed by atoms with Crippen LogP contribution in [0.5, 0.6) is 0 Å². The average Bonchev–Trinajstić information content (AvgIpc) is 3.46. The number of nitrogens with one attached hydrogen (secondary N) is 1. The SMILES string of the molecule is O=C(O)c1cn([C@@H]2C[C@@H]2F)c2c(F)c(N3CC4NC4C3)c(F)cc2c1=O. The van der Waals surface area contributed by atoms with Gasteiger partial charge in [-0.3, -0.25) is 4.79 Å². The van der Waals surface area contributed by atoms with E-state index in [-0.39, 0.29) is 35.1 Å². The van der Waals surface area contributed by atoms with Crippen LogP contribution in [-0.4, -0.2) is 47.0 Å². The fourth-order valence-corrected chi connectivity index (χ4v) is 3.89. The number of halogens is 3. The minimum atomic E-state index is -1.52. The number of hydrogen-bond donors (Lipinski definition) is 2. The molecule has 3 aliphatic rings. The van der Waals surface area contributed by atoms with Crippen molar-refractivity contribution >= 4 is 22.6 Å². The Labute approximate surface area is 144 Å². The van der Waals surface area contributed by atoms with E-state index in [1.807, 2.05) is 0 Å². The first-order valence-corrected chi connectivity index (χ1v) is 8.32. The van der Waals surface area contributed by atoms with Gasteiger partial charge in [-0.25, -0.2) is 18.0 Å². The van der Waals surface area contributed by atoms with Crippen molar-refractivity contribution < 1.29 is 23.1 Å². The summed E-state index contributed by atoms with van der Waals surface area (Å²) in [4.78, 5) is 25.3. The summed E-state index contributed by atoms with van der Waals surface area (Å²) in [6.45, 7) is 0.882. The lowest BCUT2D eigenvalue weighted by molar-refractivity contribution is 0.0694. The zero-order valence-electron chi connectivity index (χ0n) is 13.4. The van der Waals surface area contributed by atoms with Gasteiger partial charge in [0, 0.05) is 37.8 Å². The molecule has 2 aromatic rings. The summed E-state index contributed by atoms with van der Waals surface area (Å²) >= 11 is 0. The third-order valence-electron chi connectivity index (χ3n) is 5.41. The van der Waals surface area contributed by atoms with Gasteiger partial charge in [0.25, 0.3) is 0 Å². The molecule has 0 spiro atoms. The molecule has 0 radical (unpaired) electrons. The quantitative estimate of drug-likeness (QED) is 0.804. The highest BCUT2D eigenvalue weighted by Gasteiger charge is 2.46. The molecule has 2 saturated heterocycles. The van der Waals surface area contributed by atoms with Gasteiger partial charge in [0.2, 0.25) is 5.43 Å². The van der Waals surface area contributed by atoms with Crippen molar-refractivity contribution in [3.8, 4) is 0 Å². The molecule has 5 rings (SSSR count). The maximum atomic E-state index is 15.3. The zero-order chi connectivity index (χ0) is 18.3. The lowest BCUT2D eigenvalue weighted by atomic mass is 10.1. The number of carboxylic acid groups (broad SMARTS) is 1. The molecule has 9 heteroatoms. The summed E-state index contributed by atoms with van der Waals surface area (Å²) in [5.41, 5.74) is -2.10. The van der Waals surface area contributed by atoms with E-state index in [1.165, 1.54) is 0 Å². The van der Waals surface area contributed by atoms with E-state index >= 15 is 4.39 Å². The van der Waals surface area contributed by atoms with Gasteiger partial charge in [-0.2, -0.15) is 0 Å². The molecule has 1 saturated carbocycles. The Morgan fingerprint density at radius 1 is 1.27 bits per heavy atom. The van der Waals surface area contributed by atoms with E-state index in [0.29, 0.717) is 13.1 Å². The van der Waals surface area contributed by atoms with Crippen LogP contribution in [0.25, 0.3) is 10.9 Å². The molecule has 0 bridgehead atoms. The summed E-state index contributed by atoms with van der Waals surface area (Å²) in [6.07, 6.45) is -0.190. The Hall–Kier alpha value is -2.55. The Balaban J connectivity index is 1.79. The van der Waals surface area contributed by atoms with Crippen molar-refractivity contribution in [1.29, 1.82) is 0 Å². The lowest BCUT2D eigenvalue weighted by Gasteiger charge is -2.23. The van der Waals surface area contributed by atoms with E-state index in [9.17, 15) is 23.5 Å². The van der Waals surface area contributed by atoms with Crippen LogP contribution in [-0.2, 0) is 0 Å². The second-order valence-electron chi connectivity index (χ2n) is 7.11. The predicted octanol–water partition coefficient (Wildman–Crippen LogP) is 1.42. The van der Waals surface area contributed by atoms with E-state index in [1.54, 1.807) is 4.90 Å². The standard InChI is InChI=1S/C17H14F3N3O3/c18-8-2-12(8)23-3-7(17(25)26)16(24)6-1-9(19)15(13(20)14(6)23)22-4-10-11(5-22)21-10/h1,3,8,10-12,21H,2,4-5H2,(H,25,26)/t8-,10?,11?,12+/m0/s1. The Morgan fingerprint density at radius 3 is 2.50 bits per heavy atom. The number of fused-ring (bicyclic) bond motifs is 2. The number of carboxylic acids is 1. The van der Waals surface area contributed by atoms with Crippen LogP contribution in [0.15, 0.2) is 17.1 Å². The van der Waals surface area contributed by atoms with Crippen molar-refractivity contribution in [2.75, 3.05) is 18.0 Å². The minimum absolute atomic E-state index is 0.0982. The molecular formula is C17H14F3N3O3. The first-order valence-electron chi connectivity index (χ1n) is 8.32. The van der Waals surface area contributed by atoms with Gasteiger partial charge in [0.15, 0.2) is 5.82 Å². The number of aromatic nitrogens is 1. The molecule has 3 fully saturated rings. The Kier molecular flexibility index (Phi) is 3.02. The number of rotatable bonds is 3. The molecule has 136 valence electrons. The van der Waals surface area contributed by atoms with E-state index < -0.39 is 40.8 Å². The number of nitrogens with zero attached hydrogens (tertiary/aromatic N) is 2. The van der Waals surface area contributed by atoms with Gasteiger partial charge in [-0.05, 0) is 6.07 Å². The number of alkyl halides is 1. The molecule has 2 N–H and O–H groups in total. The summed E-state index contributed by atoms with van der Waals surface area (Å²) in [6, 6.07) is 0.503. The summed E-state index contributed by atoms with van der Waals surface area (Å²) in [5, 5.41) is 12.0. The van der Waals surface area contributed by atoms with Crippen molar-refractivity contribution in [3.63, 3.8) is 0 Å². The van der Waals surface area contributed by atoms with Gasteiger partial charge in [-0.15, -0.1) is 0 Å². The molecular weight excluding hydrogens is 351 g/mol. The van der Waals surface area contributed by atoms with Crippen molar-refractivity contribution in [2.45, 2.75) is 30.7 Å². The number of pyridine rings is 1. The number of benzene rings is 1. The molecule has 2 unspecified atom stereocenters. The highest BCUT2D eigenvalue weighted by Crippen LogP contribution is 2.42. The Bertz CT molecular complexity index is 1030. The minimum Gasteiger partial charge on any atom is -0.477 e. The van der Waals surface area contributed by atoms with Gasteiger partial charge in [0.05, 0.1) is 16.9 Å². The monoisotopic (exact) mass is 365 g/mol. The molecule has 26 heavy (non-hydrogen) atoms. The van der Waals surface area contributed by atoms with Crippen LogP contribution in [0.4, 0.5) is 18.9 Å². The third kappa shape index (κ3) is 2.09. The predicted molar refractivity (Wildman–Crippen MR) is 86.6 cm³/mol. The number of aromatic carboxylic acids is 1. The smallest absolute Gasteiger partial charge is 0.341 e. The molecule has 1 aromatic heterocycles. The third-order valence-corrected chi connectivity index (χ3v) is 5.41. The summed E-state index contributed by atoms with van der Waals surface area (Å²) < 4.78 is 44.7. The van der Waals surface area contributed by atoms with E-state index in [4.69, 9.17) is 0 Å². The largest absolute Gasteiger partial charge is 0.477 e. The van der Waals surface area contributed by atoms with Crippen LogP contribution >= 0.6 is 0 Å². The summed E-state index contributed by atoms with van der Waals surface area (Å²) in [5.74, 6) is -3.39. The normalized spacial score (nSPS) is 29.1. The lowest BCUT2D eigenvalue weighted by Crippen LogP contribution is -2.29. The van der Waals surface area contributed by atoms with Gasteiger partial charge < -0.3 is 19.9 Å². The number of hydrogen-bond acceptors (Lipinski definition) is 4. The van der Waals surface area contributed by atoms with Crippen molar-refractivity contribution in [3.05, 3.63) is 39.7 Å². The molecule has 3 heterocycles. The molecule has 4 atom stereocenters. The van der Waals surface area contributed by atoms with Gasteiger partial charge >= 0.3 is 5.97 Å². The number of carbonyl (C=O) groups is 1. The van der Waals surface area contributed by atoms with E-state index in [2.05, 4.69) is 5.32 Å². The Morgan fingerprint density at radius 2 is 1.92 bits per heavy atom. The molecule has 6 nitrogen and oxygen atoms in total. The summed E-state index contributed by atoms with van der Waals surface area (Å²) in [7, 11) is 0. The molecule has 1 aliphatic carbocycles. The fraction of sp³-hybridized carbons (Fsp3) is 0.412. The zero-order valence-corrected chi connectivity index (χ0v) is 13.4. The van der Waals surface area contributed by atoms with Crippen molar-refractivity contribution in [2.24, 2.45) is 0 Å². The van der Waals surface area contributed by atoms with Crippen LogP contribution in [0.3, 0.4) is 0 Å². The first kappa shape index (κ1) is 15.7. The highest BCUT2D eigenvalue weighted by atomic mass is 19.1. The van der Waals surface area contributed by atoms with Crippen LogP contribution in [0.1, 0.15) is 22.8 Å². The second-order valence-corrected chi connectivity index (χ2v) is 7.11. The van der Waals surface area contributed by atoms with Gasteiger partial charge in [-0.1, -0.05) is 0 Å². The van der Waals surface area contributed by atoms with Gasteiger partial charge in [0.1, 0.15) is 23.2 Å². The van der Waals surface area contributed by atoms with Crippen LogP contribution < -0.4 is 15.6 Å².